The summed E-state index contributed by atoms with van der Waals surface area (Å²) in [7, 11) is 1.12. The number of nitrogen functional groups attached to an aromatic ring is 1. The first-order valence-corrected chi connectivity index (χ1v) is 6.25. The fourth-order valence-electron chi connectivity index (χ4n) is 1.56. The van der Waals surface area contributed by atoms with Crippen LogP contribution in [0.4, 0.5) is 23.9 Å². The van der Waals surface area contributed by atoms with Crippen LogP contribution in [0.1, 0.15) is 28.6 Å². The quantitative estimate of drug-likeness (QED) is 0.835. The first-order valence-electron chi connectivity index (χ1n) is 5.43. The number of nitrogens with two attached hydrogens (primary N) is 1. The topological polar surface area (TPSA) is 88.1 Å². The number of esters is 1. The number of nitrogens with one attached hydrogen (secondary N) is 1. The molecule has 0 aromatic carbocycles. The fraction of sp³-hybridized carbons (Fsp3) is 0.455. The van der Waals surface area contributed by atoms with Gasteiger partial charge in [-0.2, -0.15) is 18.4 Å². The highest BCUT2D eigenvalue weighted by molar-refractivity contribution is 7.17. The van der Waals surface area contributed by atoms with Gasteiger partial charge >= 0.3 is 12.1 Å². The highest BCUT2D eigenvalue weighted by Gasteiger charge is 2.31. The molecule has 0 radical (unpaired) electrons. The summed E-state index contributed by atoms with van der Waals surface area (Å²) in [4.78, 5) is 11.6. The minimum atomic E-state index is -4.33. The number of alkyl halides is 3. The van der Waals surface area contributed by atoms with E-state index in [1.54, 1.807) is 6.07 Å². The summed E-state index contributed by atoms with van der Waals surface area (Å²) < 4.78 is 41.4. The van der Waals surface area contributed by atoms with Crippen LogP contribution in [0.2, 0.25) is 0 Å². The van der Waals surface area contributed by atoms with Gasteiger partial charge < -0.3 is 15.8 Å². The van der Waals surface area contributed by atoms with Gasteiger partial charge in [0.25, 0.3) is 0 Å². The molecule has 0 saturated carbocycles. The zero-order valence-electron chi connectivity index (χ0n) is 10.7. The van der Waals surface area contributed by atoms with Crippen LogP contribution in [-0.2, 0) is 4.74 Å². The summed E-state index contributed by atoms with van der Waals surface area (Å²) in [6.45, 7) is 1.32. The van der Waals surface area contributed by atoms with E-state index >= 15 is 0 Å². The van der Waals surface area contributed by atoms with Gasteiger partial charge in [-0.15, -0.1) is 11.3 Å². The lowest BCUT2D eigenvalue weighted by Crippen LogP contribution is -2.24. The molecular weight excluding hydrogens is 295 g/mol. The molecule has 9 heteroatoms. The zero-order chi connectivity index (χ0) is 15.5. The standard InChI is InChI=1S/C11H12F3N3O2S/c1-5(3-11(12,13)14)17-9-7(10(18)19-2)8(16)6(4-15)20-9/h5,17H,3,16H2,1-2H3. The van der Waals surface area contributed by atoms with E-state index in [-0.39, 0.29) is 21.1 Å². The maximum Gasteiger partial charge on any atom is 0.391 e. The van der Waals surface area contributed by atoms with Crippen LogP contribution in [0.15, 0.2) is 0 Å². The second kappa shape index (κ2) is 6.00. The summed E-state index contributed by atoms with van der Waals surface area (Å²) in [6.07, 6.45) is -5.41. The lowest BCUT2D eigenvalue weighted by Gasteiger charge is -2.16. The van der Waals surface area contributed by atoms with Gasteiger partial charge in [-0.05, 0) is 6.92 Å². The third kappa shape index (κ3) is 3.77. The van der Waals surface area contributed by atoms with Crippen LogP contribution < -0.4 is 11.1 Å². The number of methoxy groups -OCH3 is 1. The Labute approximate surface area is 117 Å². The van der Waals surface area contributed by atoms with Gasteiger partial charge in [-0.25, -0.2) is 4.79 Å². The Morgan fingerprint density at radius 2 is 2.20 bits per heavy atom. The molecule has 1 heterocycles. The Balaban J connectivity index is 3.06. The fourth-order valence-corrected chi connectivity index (χ4v) is 2.57. The molecule has 3 N–H and O–H groups in total. The predicted molar refractivity (Wildman–Crippen MR) is 68.5 cm³/mol. The lowest BCUT2D eigenvalue weighted by molar-refractivity contribution is -0.136. The second-order valence-corrected chi connectivity index (χ2v) is 5.04. The van der Waals surface area contributed by atoms with Crippen molar-refractivity contribution in [2.75, 3.05) is 18.2 Å². The molecule has 0 saturated heterocycles. The van der Waals surface area contributed by atoms with Gasteiger partial charge in [0.2, 0.25) is 0 Å². The summed E-state index contributed by atoms with van der Waals surface area (Å²) in [5.41, 5.74) is 5.42. The number of ether oxygens (including phenoxy) is 1. The van der Waals surface area contributed by atoms with Crippen molar-refractivity contribution in [3.05, 3.63) is 10.4 Å². The van der Waals surface area contributed by atoms with Gasteiger partial charge in [0.05, 0.1) is 19.2 Å². The first-order chi connectivity index (χ1) is 9.19. The third-order valence-electron chi connectivity index (χ3n) is 2.35. The number of rotatable bonds is 4. The van der Waals surface area contributed by atoms with Crippen molar-refractivity contribution >= 4 is 28.0 Å². The second-order valence-electron chi connectivity index (χ2n) is 4.02. The van der Waals surface area contributed by atoms with Crippen LogP contribution in [0.25, 0.3) is 0 Å². The molecule has 0 amide bonds. The average molecular weight is 307 g/mol. The van der Waals surface area contributed by atoms with Crippen LogP contribution in [0.3, 0.4) is 0 Å². The summed E-state index contributed by atoms with van der Waals surface area (Å²) >= 11 is 0.819. The number of anilines is 2. The highest BCUT2D eigenvalue weighted by atomic mass is 32.1. The van der Waals surface area contributed by atoms with Crippen molar-refractivity contribution in [2.45, 2.75) is 25.6 Å². The van der Waals surface area contributed by atoms with E-state index in [9.17, 15) is 18.0 Å². The number of nitrogens with zero attached hydrogens (tertiary/aromatic N) is 1. The molecule has 5 nitrogen and oxygen atoms in total. The largest absolute Gasteiger partial charge is 0.465 e. The maximum atomic E-state index is 12.3. The molecule has 0 aliphatic carbocycles. The Bertz CT molecular complexity index is 548. The summed E-state index contributed by atoms with van der Waals surface area (Å²) in [6, 6.07) is 0.811. The van der Waals surface area contributed by atoms with Crippen molar-refractivity contribution in [1.29, 1.82) is 5.26 Å². The molecule has 0 aliphatic rings. The Kier molecular flexibility index (Phi) is 4.83. The smallest absolute Gasteiger partial charge is 0.391 e. The number of nitriles is 1. The van der Waals surface area contributed by atoms with E-state index in [0.717, 1.165) is 18.4 Å². The zero-order valence-corrected chi connectivity index (χ0v) is 11.5. The monoisotopic (exact) mass is 307 g/mol. The molecule has 0 spiro atoms. The van der Waals surface area contributed by atoms with Crippen molar-refractivity contribution in [3.8, 4) is 6.07 Å². The van der Waals surface area contributed by atoms with E-state index in [1.165, 1.54) is 6.92 Å². The SMILES string of the molecule is COC(=O)c1c(NC(C)CC(F)(F)F)sc(C#N)c1N. The molecule has 20 heavy (non-hydrogen) atoms. The number of carbonyl (C=O) groups is 1. The molecule has 1 aromatic rings. The Morgan fingerprint density at radius 3 is 2.65 bits per heavy atom. The van der Waals surface area contributed by atoms with Crippen LogP contribution in [-0.4, -0.2) is 25.3 Å². The van der Waals surface area contributed by atoms with Crippen molar-refractivity contribution in [3.63, 3.8) is 0 Å². The molecule has 1 rings (SSSR count). The Morgan fingerprint density at radius 1 is 1.60 bits per heavy atom. The van der Waals surface area contributed by atoms with Crippen LogP contribution in [0.5, 0.6) is 0 Å². The number of hydrogen-bond donors (Lipinski definition) is 2. The Hall–Kier alpha value is -1.95. The van der Waals surface area contributed by atoms with E-state index in [4.69, 9.17) is 11.0 Å². The van der Waals surface area contributed by atoms with Crippen molar-refractivity contribution in [1.82, 2.24) is 0 Å². The number of halogens is 3. The van der Waals surface area contributed by atoms with E-state index in [1.807, 2.05) is 0 Å². The first kappa shape index (κ1) is 16.1. The molecule has 0 bridgehead atoms. The molecule has 110 valence electrons. The minimum absolute atomic E-state index is 0.0482. The van der Waals surface area contributed by atoms with Crippen molar-refractivity contribution in [2.24, 2.45) is 0 Å². The van der Waals surface area contributed by atoms with E-state index in [0.29, 0.717) is 0 Å². The van der Waals surface area contributed by atoms with Crippen LogP contribution in [0, 0.1) is 11.3 Å². The molecule has 1 aromatic heterocycles. The molecular formula is C11H12F3N3O2S. The molecule has 1 unspecified atom stereocenters. The number of thiophene rings is 1. The molecule has 0 fully saturated rings. The number of hydrogen-bond acceptors (Lipinski definition) is 6. The van der Waals surface area contributed by atoms with Crippen LogP contribution >= 0.6 is 11.3 Å². The van der Waals surface area contributed by atoms with Crippen molar-refractivity contribution < 1.29 is 22.7 Å². The minimum Gasteiger partial charge on any atom is -0.465 e. The highest BCUT2D eigenvalue weighted by Crippen LogP contribution is 2.37. The van der Waals surface area contributed by atoms with Gasteiger partial charge in [0.1, 0.15) is 21.5 Å². The third-order valence-corrected chi connectivity index (χ3v) is 3.39. The van der Waals surface area contributed by atoms with Gasteiger partial charge in [0, 0.05) is 6.04 Å². The maximum absolute atomic E-state index is 12.3. The van der Waals surface area contributed by atoms with Gasteiger partial charge in [-0.3, -0.25) is 0 Å². The lowest BCUT2D eigenvalue weighted by atomic mass is 10.2. The number of carbonyl (C=O) groups excluding carboxylic acids is 1. The normalized spacial score (nSPS) is 12.6. The van der Waals surface area contributed by atoms with E-state index < -0.39 is 24.6 Å². The summed E-state index contributed by atoms with van der Waals surface area (Å²) in [5, 5.41) is 11.5. The molecule has 0 aliphatic heterocycles. The summed E-state index contributed by atoms with van der Waals surface area (Å²) in [5.74, 6) is -0.804. The average Bonchev–Trinajstić information content (AvgIpc) is 2.62. The van der Waals surface area contributed by atoms with Gasteiger partial charge in [0.15, 0.2) is 0 Å². The van der Waals surface area contributed by atoms with E-state index in [2.05, 4.69) is 10.1 Å². The molecule has 1 atom stereocenters. The van der Waals surface area contributed by atoms with Gasteiger partial charge in [-0.1, -0.05) is 0 Å². The predicted octanol–water partition coefficient (Wildman–Crippen LogP) is 2.74.